The van der Waals surface area contributed by atoms with E-state index in [1.165, 1.54) is 25.7 Å². The summed E-state index contributed by atoms with van der Waals surface area (Å²) in [5.41, 5.74) is 0.623. The monoisotopic (exact) mass is 211 g/mol. The summed E-state index contributed by atoms with van der Waals surface area (Å²) in [5.74, 6) is 0.295. The largest absolute Gasteiger partial charge is 0.481 e. The third-order valence-corrected chi connectivity index (χ3v) is 3.93. The number of aliphatic carboxylic acids is 1. The first-order chi connectivity index (χ1) is 7.12. The second-order valence-electron chi connectivity index (χ2n) is 5.35. The summed E-state index contributed by atoms with van der Waals surface area (Å²) < 4.78 is 0. The minimum atomic E-state index is -0.688. The average Bonchev–Trinajstić information content (AvgIpc) is 3.01. The fourth-order valence-electron chi connectivity index (χ4n) is 2.41. The highest BCUT2D eigenvalue weighted by Crippen LogP contribution is 2.60. The number of carboxylic acids is 1. The quantitative estimate of drug-likeness (QED) is 0.677. The summed E-state index contributed by atoms with van der Waals surface area (Å²) in [6, 6.07) is 0.345. The van der Waals surface area contributed by atoms with Gasteiger partial charge in [-0.2, -0.15) is 0 Å². The molecule has 2 saturated carbocycles. The molecule has 0 saturated heterocycles. The second-order valence-corrected chi connectivity index (χ2v) is 5.35. The molecule has 0 spiro atoms. The molecule has 0 aromatic carbocycles. The molecule has 15 heavy (non-hydrogen) atoms. The molecule has 2 N–H and O–H groups in total. The molecule has 0 aromatic rings. The standard InChI is InChI=1S/C12H21NO2/c1-9(2-5-11(14)15)13-8-12(6-7-12)10-3-4-10/h9-10,13H,2-8H2,1H3,(H,14,15). The molecule has 0 radical (unpaired) electrons. The van der Waals surface area contributed by atoms with Crippen LogP contribution in [0.3, 0.4) is 0 Å². The van der Waals surface area contributed by atoms with Gasteiger partial charge in [-0.15, -0.1) is 0 Å². The lowest BCUT2D eigenvalue weighted by molar-refractivity contribution is -0.137. The van der Waals surface area contributed by atoms with Gasteiger partial charge in [0.25, 0.3) is 0 Å². The molecule has 2 fully saturated rings. The minimum Gasteiger partial charge on any atom is -0.481 e. The Hall–Kier alpha value is -0.570. The third-order valence-electron chi connectivity index (χ3n) is 3.93. The van der Waals surface area contributed by atoms with E-state index in [4.69, 9.17) is 5.11 Å². The van der Waals surface area contributed by atoms with Crippen molar-refractivity contribution in [3.8, 4) is 0 Å². The van der Waals surface area contributed by atoms with Gasteiger partial charge in [-0.1, -0.05) is 0 Å². The zero-order valence-corrected chi connectivity index (χ0v) is 9.46. The molecule has 0 aliphatic heterocycles. The van der Waals surface area contributed by atoms with Gasteiger partial charge >= 0.3 is 5.97 Å². The Bertz CT molecular complexity index is 244. The molecule has 0 amide bonds. The van der Waals surface area contributed by atoms with Crippen LogP contribution in [0, 0.1) is 11.3 Å². The van der Waals surface area contributed by atoms with E-state index in [0.717, 1.165) is 18.9 Å². The number of carbonyl (C=O) groups is 1. The summed E-state index contributed by atoms with van der Waals surface area (Å²) in [4.78, 5) is 10.4. The van der Waals surface area contributed by atoms with Crippen LogP contribution in [0.2, 0.25) is 0 Å². The molecule has 0 heterocycles. The summed E-state index contributed by atoms with van der Waals surface area (Å²) in [5, 5.41) is 12.1. The Morgan fingerprint density at radius 2 is 2.20 bits per heavy atom. The lowest BCUT2D eigenvalue weighted by Crippen LogP contribution is -2.33. The van der Waals surface area contributed by atoms with E-state index in [0.29, 0.717) is 11.5 Å². The van der Waals surface area contributed by atoms with E-state index in [1.807, 2.05) is 0 Å². The van der Waals surface area contributed by atoms with Gasteiger partial charge in [-0.3, -0.25) is 4.79 Å². The van der Waals surface area contributed by atoms with Gasteiger partial charge in [-0.05, 0) is 50.4 Å². The maximum atomic E-state index is 10.4. The molecule has 3 nitrogen and oxygen atoms in total. The Morgan fingerprint density at radius 1 is 1.53 bits per heavy atom. The maximum absolute atomic E-state index is 10.4. The van der Waals surface area contributed by atoms with Crippen molar-refractivity contribution in [3.63, 3.8) is 0 Å². The first-order valence-corrected chi connectivity index (χ1v) is 6.07. The minimum absolute atomic E-state index is 0.282. The molecule has 1 unspecified atom stereocenters. The van der Waals surface area contributed by atoms with Crippen molar-refractivity contribution in [1.82, 2.24) is 5.32 Å². The smallest absolute Gasteiger partial charge is 0.303 e. The first-order valence-electron chi connectivity index (χ1n) is 6.07. The Kier molecular flexibility index (Phi) is 3.01. The van der Waals surface area contributed by atoms with E-state index >= 15 is 0 Å². The Labute approximate surface area is 91.2 Å². The molecular weight excluding hydrogens is 190 g/mol. The van der Waals surface area contributed by atoms with Crippen LogP contribution in [0.25, 0.3) is 0 Å². The zero-order valence-electron chi connectivity index (χ0n) is 9.46. The number of rotatable bonds is 7. The molecule has 0 bridgehead atoms. The molecular formula is C12H21NO2. The van der Waals surface area contributed by atoms with Crippen LogP contribution in [0.15, 0.2) is 0 Å². The van der Waals surface area contributed by atoms with Crippen LogP contribution in [-0.4, -0.2) is 23.7 Å². The number of nitrogens with one attached hydrogen (secondary N) is 1. The fourth-order valence-corrected chi connectivity index (χ4v) is 2.41. The van der Waals surface area contributed by atoms with E-state index in [1.54, 1.807) is 0 Å². The van der Waals surface area contributed by atoms with Crippen LogP contribution in [0.1, 0.15) is 45.4 Å². The lowest BCUT2D eigenvalue weighted by Gasteiger charge is -2.19. The summed E-state index contributed by atoms with van der Waals surface area (Å²) in [7, 11) is 0. The number of hydrogen-bond donors (Lipinski definition) is 2. The molecule has 86 valence electrons. The maximum Gasteiger partial charge on any atom is 0.303 e. The van der Waals surface area contributed by atoms with Crippen molar-refractivity contribution in [2.24, 2.45) is 11.3 Å². The van der Waals surface area contributed by atoms with Gasteiger partial charge in [-0.25, -0.2) is 0 Å². The van der Waals surface area contributed by atoms with Crippen LogP contribution in [0.4, 0.5) is 0 Å². The second kappa shape index (κ2) is 4.12. The highest BCUT2D eigenvalue weighted by Gasteiger charge is 2.53. The topological polar surface area (TPSA) is 49.3 Å². The fraction of sp³-hybridized carbons (Fsp3) is 0.917. The molecule has 1 atom stereocenters. The van der Waals surface area contributed by atoms with Crippen LogP contribution >= 0.6 is 0 Å². The Morgan fingerprint density at radius 3 is 2.67 bits per heavy atom. The lowest BCUT2D eigenvalue weighted by atomic mass is 10.00. The number of hydrogen-bond acceptors (Lipinski definition) is 2. The predicted molar refractivity (Wildman–Crippen MR) is 58.7 cm³/mol. The van der Waals surface area contributed by atoms with Gasteiger partial charge in [0.05, 0.1) is 0 Å². The Balaban J connectivity index is 1.62. The van der Waals surface area contributed by atoms with Crippen molar-refractivity contribution in [3.05, 3.63) is 0 Å². The van der Waals surface area contributed by atoms with E-state index < -0.39 is 5.97 Å². The van der Waals surface area contributed by atoms with Gasteiger partial charge in [0.2, 0.25) is 0 Å². The van der Waals surface area contributed by atoms with Crippen LogP contribution < -0.4 is 5.32 Å². The summed E-state index contributed by atoms with van der Waals surface area (Å²) in [6.07, 6.45) is 6.64. The van der Waals surface area contributed by atoms with Crippen LogP contribution in [-0.2, 0) is 4.79 Å². The van der Waals surface area contributed by atoms with Crippen molar-refractivity contribution >= 4 is 5.97 Å². The predicted octanol–water partition coefficient (Wildman–Crippen LogP) is 2.02. The van der Waals surface area contributed by atoms with Crippen LogP contribution in [0.5, 0.6) is 0 Å². The molecule has 0 aromatic heterocycles. The molecule has 3 heteroatoms. The van der Waals surface area contributed by atoms with E-state index in [2.05, 4.69) is 12.2 Å². The van der Waals surface area contributed by atoms with Crippen molar-refractivity contribution in [2.45, 2.75) is 51.5 Å². The summed E-state index contributed by atoms with van der Waals surface area (Å²) in [6.45, 7) is 3.20. The van der Waals surface area contributed by atoms with Gasteiger partial charge in [0.15, 0.2) is 0 Å². The van der Waals surface area contributed by atoms with Crippen molar-refractivity contribution < 1.29 is 9.90 Å². The van der Waals surface area contributed by atoms with Gasteiger partial charge in [0, 0.05) is 19.0 Å². The summed E-state index contributed by atoms with van der Waals surface area (Å²) >= 11 is 0. The van der Waals surface area contributed by atoms with Crippen molar-refractivity contribution in [2.75, 3.05) is 6.54 Å². The zero-order chi connectivity index (χ0) is 10.9. The highest BCUT2D eigenvalue weighted by molar-refractivity contribution is 5.66. The third kappa shape index (κ3) is 2.94. The van der Waals surface area contributed by atoms with Crippen molar-refractivity contribution in [1.29, 1.82) is 0 Å². The number of carboxylic acid groups (broad SMARTS) is 1. The van der Waals surface area contributed by atoms with E-state index in [-0.39, 0.29) is 6.42 Å². The van der Waals surface area contributed by atoms with Gasteiger partial charge in [0.1, 0.15) is 0 Å². The average molecular weight is 211 g/mol. The van der Waals surface area contributed by atoms with E-state index in [9.17, 15) is 4.79 Å². The van der Waals surface area contributed by atoms with Gasteiger partial charge < -0.3 is 10.4 Å². The highest BCUT2D eigenvalue weighted by atomic mass is 16.4. The molecule has 2 rings (SSSR count). The first kappa shape index (κ1) is 10.9. The normalized spacial score (nSPS) is 24.9. The molecule has 2 aliphatic rings. The SMILES string of the molecule is CC(CCC(=O)O)NCC1(C2CC2)CC1. The molecule has 2 aliphatic carbocycles.